The van der Waals surface area contributed by atoms with Crippen LogP contribution in [0.25, 0.3) is 0 Å². The van der Waals surface area contributed by atoms with Crippen LogP contribution in [0.5, 0.6) is 0 Å². The van der Waals surface area contributed by atoms with Gasteiger partial charge in [0.2, 0.25) is 5.91 Å². The van der Waals surface area contributed by atoms with Gasteiger partial charge in [0.15, 0.2) is 0 Å². The number of nitrogens with two attached hydrogens (primary N) is 2. The van der Waals surface area contributed by atoms with Crippen LogP contribution in [-0.2, 0) is 0 Å². The van der Waals surface area contributed by atoms with Crippen LogP contribution >= 0.6 is 0 Å². The molecule has 2 atom stereocenters. The lowest BCUT2D eigenvalue weighted by molar-refractivity contribution is 0.0285. The molecule has 4 heteroatoms. The molecule has 3 aliphatic rings. The first kappa shape index (κ1) is 11.7. The zero-order chi connectivity index (χ0) is 12.7. The molecule has 0 spiro atoms. The van der Waals surface area contributed by atoms with E-state index < -0.39 is 0 Å². The van der Waals surface area contributed by atoms with Gasteiger partial charge in [0, 0.05) is 11.5 Å². The highest BCUT2D eigenvalue weighted by Crippen LogP contribution is 2.42. The maximum absolute atomic E-state index is 11.5. The number of rotatable bonds is 2. The van der Waals surface area contributed by atoms with E-state index in [1.807, 2.05) is 24.3 Å². The minimum absolute atomic E-state index is 0.0259. The molecule has 4 nitrogen and oxygen atoms in total. The second-order valence-corrected chi connectivity index (χ2v) is 5.34. The van der Waals surface area contributed by atoms with Crippen LogP contribution in [0.4, 0.5) is 0 Å². The highest BCUT2D eigenvalue weighted by atomic mass is 16.1. The van der Waals surface area contributed by atoms with Crippen LogP contribution < -0.4 is 11.5 Å². The summed E-state index contributed by atoms with van der Waals surface area (Å²) in [5, 5.41) is 0. The molecule has 3 fully saturated rings. The number of primary amides is 1. The first-order valence-electron chi connectivity index (χ1n) is 6.57. The average Bonchev–Trinajstić information content (AvgIpc) is 2.40. The fourth-order valence-electron chi connectivity index (χ4n) is 3.53. The highest BCUT2D eigenvalue weighted by Gasteiger charge is 2.41. The Morgan fingerprint density at radius 2 is 1.89 bits per heavy atom. The Morgan fingerprint density at radius 1 is 1.22 bits per heavy atom. The molecule has 4 rings (SSSR count). The normalized spacial score (nSPS) is 34.5. The molecule has 0 saturated carbocycles. The fourth-order valence-corrected chi connectivity index (χ4v) is 3.53. The number of carbonyl (C=O) groups excluding carboxylic acids is 1. The third kappa shape index (κ3) is 1.72. The Kier molecular flexibility index (Phi) is 2.84. The summed E-state index contributed by atoms with van der Waals surface area (Å²) in [6, 6.07) is 7.64. The van der Waals surface area contributed by atoms with Crippen molar-refractivity contribution in [3.63, 3.8) is 0 Å². The average molecular weight is 245 g/mol. The van der Waals surface area contributed by atoms with Gasteiger partial charge in [0.25, 0.3) is 0 Å². The van der Waals surface area contributed by atoms with E-state index in [-0.39, 0.29) is 18.0 Å². The topological polar surface area (TPSA) is 72.4 Å². The Morgan fingerprint density at radius 3 is 2.50 bits per heavy atom. The third-order valence-corrected chi connectivity index (χ3v) is 4.46. The summed E-state index contributed by atoms with van der Waals surface area (Å²) in [6.45, 7) is 2.17. The molecule has 3 saturated heterocycles. The Hall–Kier alpha value is -1.39. The molecule has 2 bridgehead atoms. The summed E-state index contributed by atoms with van der Waals surface area (Å²) >= 11 is 0. The highest BCUT2D eigenvalue weighted by molar-refractivity contribution is 5.94. The molecule has 1 aromatic carbocycles. The monoisotopic (exact) mass is 245 g/mol. The Labute approximate surface area is 107 Å². The van der Waals surface area contributed by atoms with E-state index in [1.165, 1.54) is 12.8 Å². The fraction of sp³-hybridized carbons (Fsp3) is 0.500. The molecule has 0 radical (unpaired) electrons. The first-order chi connectivity index (χ1) is 8.68. The minimum Gasteiger partial charge on any atom is -0.366 e. The van der Waals surface area contributed by atoms with Crippen molar-refractivity contribution in [1.82, 2.24) is 4.90 Å². The van der Waals surface area contributed by atoms with Crippen LogP contribution in [0.1, 0.15) is 34.7 Å². The predicted molar refractivity (Wildman–Crippen MR) is 70.0 cm³/mol. The minimum atomic E-state index is -0.353. The van der Waals surface area contributed by atoms with Crippen LogP contribution in [0.3, 0.4) is 0 Å². The number of nitrogens with zero attached hydrogens (tertiary/aromatic N) is 1. The lowest BCUT2D eigenvalue weighted by Gasteiger charge is -2.50. The van der Waals surface area contributed by atoms with Crippen molar-refractivity contribution < 1.29 is 4.79 Å². The van der Waals surface area contributed by atoms with Gasteiger partial charge in [-0.05, 0) is 43.5 Å². The predicted octanol–water partition coefficient (Wildman–Crippen LogP) is 0.879. The standard InChI is InChI=1S/C14H19N3O/c15-13-12(9-5-7-17(13)8-6-9)10-3-1-2-4-11(10)14(16)18/h1-4,9,12-13H,5-8,15H2,(H2,16,18). The molecule has 3 heterocycles. The van der Waals surface area contributed by atoms with E-state index in [0.29, 0.717) is 11.5 Å². The maximum atomic E-state index is 11.5. The maximum Gasteiger partial charge on any atom is 0.248 e. The van der Waals surface area contributed by atoms with Crippen molar-refractivity contribution in [3.05, 3.63) is 35.4 Å². The van der Waals surface area contributed by atoms with Crippen molar-refractivity contribution in [3.8, 4) is 0 Å². The smallest absolute Gasteiger partial charge is 0.248 e. The third-order valence-electron chi connectivity index (χ3n) is 4.46. The van der Waals surface area contributed by atoms with Gasteiger partial charge in [0.1, 0.15) is 0 Å². The molecule has 3 aliphatic heterocycles. The summed E-state index contributed by atoms with van der Waals surface area (Å²) in [7, 11) is 0. The van der Waals surface area contributed by atoms with Crippen LogP contribution in [0.15, 0.2) is 24.3 Å². The molecule has 4 N–H and O–H groups in total. The Balaban J connectivity index is 2.02. The van der Waals surface area contributed by atoms with Gasteiger partial charge in [-0.3, -0.25) is 9.69 Å². The van der Waals surface area contributed by atoms with Crippen molar-refractivity contribution in [2.45, 2.75) is 24.9 Å². The van der Waals surface area contributed by atoms with Crippen LogP contribution in [0, 0.1) is 5.92 Å². The van der Waals surface area contributed by atoms with Gasteiger partial charge in [-0.25, -0.2) is 0 Å². The number of amides is 1. The zero-order valence-corrected chi connectivity index (χ0v) is 10.4. The van der Waals surface area contributed by atoms with Gasteiger partial charge in [-0.2, -0.15) is 0 Å². The number of fused-ring (bicyclic) bond motifs is 3. The summed E-state index contributed by atoms with van der Waals surface area (Å²) in [5.41, 5.74) is 13.5. The number of piperidine rings is 3. The van der Waals surface area contributed by atoms with Gasteiger partial charge in [0.05, 0.1) is 6.17 Å². The van der Waals surface area contributed by atoms with Gasteiger partial charge in [-0.15, -0.1) is 0 Å². The van der Waals surface area contributed by atoms with E-state index in [9.17, 15) is 4.79 Å². The molecular formula is C14H19N3O. The number of hydrogen-bond donors (Lipinski definition) is 2. The largest absolute Gasteiger partial charge is 0.366 e. The van der Waals surface area contributed by atoms with E-state index >= 15 is 0 Å². The molecule has 1 amide bonds. The lowest BCUT2D eigenvalue weighted by Crippen LogP contribution is -2.57. The molecule has 96 valence electrons. The van der Waals surface area contributed by atoms with Crippen LogP contribution in [0.2, 0.25) is 0 Å². The van der Waals surface area contributed by atoms with E-state index in [2.05, 4.69) is 4.90 Å². The van der Waals surface area contributed by atoms with Crippen molar-refractivity contribution in [1.29, 1.82) is 0 Å². The summed E-state index contributed by atoms with van der Waals surface area (Å²) < 4.78 is 0. The van der Waals surface area contributed by atoms with Crippen molar-refractivity contribution in [2.75, 3.05) is 13.1 Å². The quantitative estimate of drug-likeness (QED) is 0.812. The molecular weight excluding hydrogens is 226 g/mol. The molecule has 0 aliphatic carbocycles. The SMILES string of the molecule is NC(=O)c1ccccc1C1C2CCN(CC2)C1N. The zero-order valence-electron chi connectivity index (χ0n) is 10.4. The first-order valence-corrected chi connectivity index (χ1v) is 6.57. The molecule has 2 unspecified atom stereocenters. The number of hydrogen-bond acceptors (Lipinski definition) is 3. The molecule has 1 aromatic rings. The van der Waals surface area contributed by atoms with E-state index in [1.54, 1.807) is 0 Å². The second-order valence-electron chi connectivity index (χ2n) is 5.34. The lowest BCUT2D eigenvalue weighted by atomic mass is 9.72. The van der Waals surface area contributed by atoms with Crippen LogP contribution in [-0.4, -0.2) is 30.1 Å². The van der Waals surface area contributed by atoms with Gasteiger partial charge in [-0.1, -0.05) is 18.2 Å². The number of benzene rings is 1. The molecule has 18 heavy (non-hydrogen) atoms. The second kappa shape index (κ2) is 4.37. The Bertz CT molecular complexity index is 464. The summed E-state index contributed by atoms with van der Waals surface area (Å²) in [6.07, 6.45) is 2.37. The van der Waals surface area contributed by atoms with E-state index in [4.69, 9.17) is 11.5 Å². The van der Waals surface area contributed by atoms with E-state index in [0.717, 1.165) is 18.7 Å². The van der Waals surface area contributed by atoms with Crippen molar-refractivity contribution >= 4 is 5.91 Å². The van der Waals surface area contributed by atoms with Gasteiger partial charge >= 0.3 is 0 Å². The van der Waals surface area contributed by atoms with Gasteiger partial charge < -0.3 is 11.5 Å². The summed E-state index contributed by atoms with van der Waals surface area (Å²) in [5.74, 6) is 0.482. The van der Waals surface area contributed by atoms with Crippen molar-refractivity contribution in [2.24, 2.45) is 17.4 Å². The molecule has 0 aromatic heterocycles. The number of carbonyl (C=O) groups is 1. The summed E-state index contributed by atoms with van der Waals surface area (Å²) in [4.78, 5) is 13.9.